The summed E-state index contributed by atoms with van der Waals surface area (Å²) in [5.41, 5.74) is 1.06. The summed E-state index contributed by atoms with van der Waals surface area (Å²) in [5.74, 6) is 0.803. The van der Waals surface area contributed by atoms with Crippen molar-refractivity contribution in [1.29, 1.82) is 0 Å². The molecule has 0 atom stereocenters. The second-order valence-electron chi connectivity index (χ2n) is 3.87. The van der Waals surface area contributed by atoms with Crippen LogP contribution in [-0.2, 0) is 6.42 Å². The van der Waals surface area contributed by atoms with Gasteiger partial charge in [0, 0.05) is 24.5 Å². The van der Waals surface area contributed by atoms with Gasteiger partial charge < -0.3 is 5.32 Å². The maximum Gasteiger partial charge on any atom is 0.202 e. The van der Waals surface area contributed by atoms with E-state index < -0.39 is 0 Å². The molecule has 1 N–H and O–H groups in total. The Labute approximate surface area is 120 Å². The molecule has 1 heterocycles. The van der Waals surface area contributed by atoms with Gasteiger partial charge in [0.1, 0.15) is 5.82 Å². The molecular formula is C12H13Cl2N3S. The Bertz CT molecular complexity index is 528. The predicted octanol–water partition coefficient (Wildman–Crippen LogP) is 4.26. The van der Waals surface area contributed by atoms with Gasteiger partial charge in [-0.25, -0.2) is 4.98 Å². The molecule has 96 valence electrons. The fourth-order valence-electron chi connectivity index (χ4n) is 1.46. The molecule has 0 spiro atoms. The molecule has 1 aromatic carbocycles. The third-order valence-corrected chi connectivity index (χ3v) is 3.79. The molecule has 0 aliphatic heterocycles. The second kappa shape index (κ2) is 6.36. The Morgan fingerprint density at radius 1 is 1.28 bits per heavy atom. The normalized spacial score (nSPS) is 10.6. The molecule has 2 rings (SSSR count). The fraction of sp³-hybridized carbons (Fsp3) is 0.333. The van der Waals surface area contributed by atoms with Gasteiger partial charge in [-0.15, -0.1) is 0 Å². The lowest BCUT2D eigenvalue weighted by molar-refractivity contribution is 0.966. The Hall–Kier alpha value is -0.840. The van der Waals surface area contributed by atoms with Crippen LogP contribution in [0.1, 0.15) is 24.7 Å². The summed E-state index contributed by atoms with van der Waals surface area (Å²) in [6, 6.07) is 5.58. The van der Waals surface area contributed by atoms with Crippen molar-refractivity contribution in [2.45, 2.75) is 19.8 Å². The number of nitrogens with zero attached hydrogens (tertiary/aromatic N) is 2. The summed E-state index contributed by atoms with van der Waals surface area (Å²) in [5, 5.41) is 5.22. The molecule has 0 bridgehead atoms. The van der Waals surface area contributed by atoms with Gasteiger partial charge in [0.2, 0.25) is 5.13 Å². The van der Waals surface area contributed by atoms with Crippen molar-refractivity contribution in [3.8, 4) is 0 Å². The van der Waals surface area contributed by atoms with E-state index in [1.165, 1.54) is 11.5 Å². The van der Waals surface area contributed by atoms with Crippen LogP contribution in [0.15, 0.2) is 18.2 Å². The van der Waals surface area contributed by atoms with Gasteiger partial charge in [-0.3, -0.25) is 0 Å². The van der Waals surface area contributed by atoms with Crippen LogP contribution in [0.2, 0.25) is 10.0 Å². The fourth-order valence-corrected chi connectivity index (χ4v) is 2.39. The molecule has 0 fully saturated rings. The highest BCUT2D eigenvalue weighted by molar-refractivity contribution is 7.09. The minimum absolute atomic E-state index is 0.564. The van der Waals surface area contributed by atoms with Crippen LogP contribution in [0.3, 0.4) is 0 Å². The van der Waals surface area contributed by atoms with Gasteiger partial charge in [-0.2, -0.15) is 4.37 Å². The van der Waals surface area contributed by atoms with Crippen molar-refractivity contribution in [3.05, 3.63) is 39.6 Å². The molecule has 18 heavy (non-hydrogen) atoms. The van der Waals surface area contributed by atoms with E-state index >= 15 is 0 Å². The third kappa shape index (κ3) is 3.57. The first-order valence-corrected chi connectivity index (χ1v) is 7.22. The van der Waals surface area contributed by atoms with E-state index in [0.29, 0.717) is 16.5 Å². The van der Waals surface area contributed by atoms with Crippen molar-refractivity contribution in [2.75, 3.05) is 11.9 Å². The van der Waals surface area contributed by atoms with Gasteiger partial charge >= 0.3 is 0 Å². The first kappa shape index (κ1) is 13.6. The summed E-state index contributed by atoms with van der Waals surface area (Å²) in [6.45, 7) is 3.03. The lowest BCUT2D eigenvalue weighted by Crippen LogP contribution is -1.99. The Balaban J connectivity index is 2.04. The van der Waals surface area contributed by atoms with Crippen molar-refractivity contribution >= 4 is 39.9 Å². The van der Waals surface area contributed by atoms with Crippen LogP contribution in [0.4, 0.5) is 5.13 Å². The topological polar surface area (TPSA) is 37.8 Å². The summed E-state index contributed by atoms with van der Waals surface area (Å²) >= 11 is 13.2. The standard InChI is InChI=1S/C12H13Cl2N3S/c1-2-5-15-12-16-11(17-18-12)7-8-3-4-9(13)10(14)6-8/h3-4,6H,2,5,7H2,1H3,(H,15,16,17). The number of benzene rings is 1. The van der Waals surface area contributed by atoms with Crippen molar-refractivity contribution < 1.29 is 0 Å². The lowest BCUT2D eigenvalue weighted by atomic mass is 10.1. The van der Waals surface area contributed by atoms with E-state index in [4.69, 9.17) is 23.2 Å². The summed E-state index contributed by atoms with van der Waals surface area (Å²) in [6.07, 6.45) is 1.74. The van der Waals surface area contributed by atoms with E-state index in [2.05, 4.69) is 21.6 Å². The Kier molecular flexibility index (Phi) is 4.80. The molecule has 0 amide bonds. The highest BCUT2D eigenvalue weighted by Crippen LogP contribution is 2.24. The second-order valence-corrected chi connectivity index (χ2v) is 5.43. The number of nitrogens with one attached hydrogen (secondary N) is 1. The molecule has 0 saturated carbocycles. The predicted molar refractivity (Wildman–Crippen MR) is 78.0 cm³/mol. The maximum atomic E-state index is 5.97. The number of aromatic nitrogens is 2. The minimum atomic E-state index is 0.564. The summed E-state index contributed by atoms with van der Waals surface area (Å²) < 4.78 is 4.31. The first-order chi connectivity index (χ1) is 8.69. The quantitative estimate of drug-likeness (QED) is 0.897. The SMILES string of the molecule is CCCNc1nc(Cc2ccc(Cl)c(Cl)c2)ns1. The zero-order chi connectivity index (χ0) is 13.0. The maximum absolute atomic E-state index is 5.97. The van der Waals surface area contributed by atoms with Crippen LogP contribution in [-0.4, -0.2) is 15.9 Å². The highest BCUT2D eigenvalue weighted by atomic mass is 35.5. The van der Waals surface area contributed by atoms with Gasteiger partial charge in [0.25, 0.3) is 0 Å². The van der Waals surface area contributed by atoms with E-state index in [0.717, 1.165) is 29.5 Å². The van der Waals surface area contributed by atoms with Crippen LogP contribution < -0.4 is 5.32 Å². The van der Waals surface area contributed by atoms with E-state index in [-0.39, 0.29) is 0 Å². The molecule has 0 radical (unpaired) electrons. The Morgan fingerprint density at radius 2 is 2.11 bits per heavy atom. The highest BCUT2D eigenvalue weighted by Gasteiger charge is 2.06. The average Bonchev–Trinajstić information content (AvgIpc) is 2.79. The molecule has 0 aliphatic carbocycles. The van der Waals surface area contributed by atoms with Gasteiger partial charge in [0.15, 0.2) is 0 Å². The molecule has 3 nitrogen and oxygen atoms in total. The third-order valence-electron chi connectivity index (χ3n) is 2.34. The van der Waals surface area contributed by atoms with Crippen LogP contribution >= 0.6 is 34.7 Å². The smallest absolute Gasteiger partial charge is 0.202 e. The van der Waals surface area contributed by atoms with Crippen molar-refractivity contribution in [2.24, 2.45) is 0 Å². The zero-order valence-electron chi connectivity index (χ0n) is 9.91. The van der Waals surface area contributed by atoms with E-state index in [1.54, 1.807) is 6.07 Å². The van der Waals surface area contributed by atoms with Gasteiger partial charge in [-0.05, 0) is 24.1 Å². The van der Waals surface area contributed by atoms with Gasteiger partial charge in [-0.1, -0.05) is 36.2 Å². The number of hydrogen-bond donors (Lipinski definition) is 1. The first-order valence-electron chi connectivity index (χ1n) is 5.69. The lowest BCUT2D eigenvalue weighted by Gasteiger charge is -2.00. The zero-order valence-corrected chi connectivity index (χ0v) is 12.2. The van der Waals surface area contributed by atoms with E-state index in [9.17, 15) is 0 Å². The van der Waals surface area contributed by atoms with Crippen molar-refractivity contribution in [1.82, 2.24) is 9.36 Å². The van der Waals surface area contributed by atoms with Crippen LogP contribution in [0.5, 0.6) is 0 Å². The molecule has 2 aromatic rings. The molecular weight excluding hydrogens is 289 g/mol. The number of halogens is 2. The average molecular weight is 302 g/mol. The molecule has 1 aromatic heterocycles. The monoisotopic (exact) mass is 301 g/mol. The number of anilines is 1. The van der Waals surface area contributed by atoms with Crippen LogP contribution in [0.25, 0.3) is 0 Å². The molecule has 0 aliphatic rings. The van der Waals surface area contributed by atoms with E-state index in [1.807, 2.05) is 12.1 Å². The van der Waals surface area contributed by atoms with Gasteiger partial charge in [0.05, 0.1) is 10.0 Å². The molecule has 0 saturated heterocycles. The summed E-state index contributed by atoms with van der Waals surface area (Å²) in [7, 11) is 0. The van der Waals surface area contributed by atoms with Crippen LogP contribution in [0, 0.1) is 0 Å². The largest absolute Gasteiger partial charge is 0.360 e. The Morgan fingerprint density at radius 3 is 2.83 bits per heavy atom. The van der Waals surface area contributed by atoms with Crippen molar-refractivity contribution in [3.63, 3.8) is 0 Å². The summed E-state index contributed by atoms with van der Waals surface area (Å²) in [4.78, 5) is 4.42. The number of hydrogen-bond acceptors (Lipinski definition) is 4. The minimum Gasteiger partial charge on any atom is -0.360 e. The molecule has 6 heteroatoms. The molecule has 0 unspecified atom stereocenters. The number of rotatable bonds is 5.